The quantitative estimate of drug-likeness (QED) is 0.461. The van der Waals surface area contributed by atoms with Crippen LogP contribution in [0.15, 0.2) is 60.1 Å². The van der Waals surface area contributed by atoms with Crippen LogP contribution in [0.2, 0.25) is 0 Å². The van der Waals surface area contributed by atoms with Crippen LogP contribution in [0, 0.1) is 11.8 Å². The highest BCUT2D eigenvalue weighted by atomic mass is 32.1. The first-order valence-corrected chi connectivity index (χ1v) is 12.9. The molecule has 2 aromatic carbocycles. The van der Waals surface area contributed by atoms with Crippen LogP contribution >= 0.6 is 11.3 Å². The van der Waals surface area contributed by atoms with Crippen molar-refractivity contribution in [2.24, 2.45) is 11.8 Å². The summed E-state index contributed by atoms with van der Waals surface area (Å²) in [5.74, 6) is 0.991. The number of carbonyl (C=O) groups excluding carboxylic acids is 2. The van der Waals surface area contributed by atoms with Crippen LogP contribution in [0.4, 0.5) is 13.2 Å². The topological polar surface area (TPSA) is 53.5 Å². The largest absolute Gasteiger partial charge is 0.416 e. The number of hydrogen-bond acceptors (Lipinski definition) is 4. The molecular weight excluding hydrogens is 487 g/mol. The first-order chi connectivity index (χ1) is 17.3. The molecule has 3 aromatic rings. The fourth-order valence-electron chi connectivity index (χ4n) is 5.01. The van der Waals surface area contributed by atoms with Gasteiger partial charge in [-0.25, -0.2) is 4.98 Å². The average Bonchev–Trinajstić information content (AvgIpc) is 3.38. The minimum Gasteiger partial charge on any atom is -0.338 e. The summed E-state index contributed by atoms with van der Waals surface area (Å²) < 4.78 is 38.2. The van der Waals surface area contributed by atoms with E-state index in [9.17, 15) is 22.8 Å². The Morgan fingerprint density at radius 3 is 2.03 bits per heavy atom. The van der Waals surface area contributed by atoms with E-state index in [1.165, 1.54) is 23.5 Å². The smallest absolute Gasteiger partial charge is 0.338 e. The van der Waals surface area contributed by atoms with Crippen LogP contribution in [0.1, 0.15) is 49.7 Å². The molecule has 2 aliphatic heterocycles. The average molecular weight is 514 g/mol. The number of piperidine rings is 1. The molecule has 3 heterocycles. The van der Waals surface area contributed by atoms with Crippen LogP contribution < -0.4 is 0 Å². The number of thiazole rings is 1. The summed E-state index contributed by atoms with van der Waals surface area (Å²) in [6.07, 6.45) is -0.292. The van der Waals surface area contributed by atoms with Crippen LogP contribution in [0.5, 0.6) is 0 Å². The van der Waals surface area contributed by atoms with Crippen LogP contribution in [0.25, 0.3) is 0 Å². The van der Waals surface area contributed by atoms with Gasteiger partial charge in [0.15, 0.2) is 5.01 Å². The van der Waals surface area contributed by atoms with Gasteiger partial charge in [-0.3, -0.25) is 9.59 Å². The van der Waals surface area contributed by atoms with Crippen molar-refractivity contribution >= 4 is 23.2 Å². The highest BCUT2D eigenvalue weighted by molar-refractivity contribution is 7.11. The van der Waals surface area contributed by atoms with Gasteiger partial charge in [0.2, 0.25) is 0 Å². The van der Waals surface area contributed by atoms with E-state index in [-0.39, 0.29) is 11.8 Å². The highest BCUT2D eigenvalue weighted by Gasteiger charge is 2.38. The first-order valence-electron chi connectivity index (χ1n) is 12.0. The molecule has 0 saturated carbocycles. The fraction of sp³-hybridized carbons (Fsp3) is 0.370. The van der Waals surface area contributed by atoms with Gasteiger partial charge in [0, 0.05) is 43.3 Å². The van der Waals surface area contributed by atoms with E-state index in [0.29, 0.717) is 28.8 Å². The van der Waals surface area contributed by atoms with E-state index < -0.39 is 11.7 Å². The summed E-state index contributed by atoms with van der Waals surface area (Å²) in [4.78, 5) is 33.2. The molecular formula is C27H26F3N3O2S. The number of benzene rings is 2. The molecule has 0 spiro atoms. The van der Waals surface area contributed by atoms with E-state index in [4.69, 9.17) is 0 Å². The third kappa shape index (κ3) is 5.31. The molecule has 2 saturated heterocycles. The second kappa shape index (κ2) is 10.0. The Labute approximate surface area is 211 Å². The highest BCUT2D eigenvalue weighted by Crippen LogP contribution is 2.33. The Morgan fingerprint density at radius 1 is 0.861 bits per heavy atom. The maximum absolute atomic E-state index is 12.9. The van der Waals surface area contributed by atoms with Crippen molar-refractivity contribution in [3.05, 3.63) is 87.4 Å². The normalized spacial score (nSPS) is 17.2. The Bertz CT molecular complexity index is 1200. The molecule has 0 radical (unpaired) electrons. The van der Waals surface area contributed by atoms with E-state index in [2.05, 4.69) is 4.98 Å². The summed E-state index contributed by atoms with van der Waals surface area (Å²) in [5.41, 5.74) is 1.68. The predicted octanol–water partition coefficient (Wildman–Crippen LogP) is 5.38. The van der Waals surface area contributed by atoms with Gasteiger partial charge >= 0.3 is 6.18 Å². The number of likely N-dealkylation sites (tertiary alicyclic amines) is 2. The molecule has 36 heavy (non-hydrogen) atoms. The molecule has 9 heteroatoms. The molecule has 0 bridgehead atoms. The number of halogens is 3. The molecule has 0 unspecified atom stereocenters. The first kappa shape index (κ1) is 24.5. The Kier molecular flexibility index (Phi) is 6.83. The molecule has 2 fully saturated rings. The standard InChI is InChI=1S/C27H26F3N3O2S/c28-27(29,30)23-7-3-19(4-8-23)15-18-1-5-21(6-2-18)25(34)33-16-22(17-33)20-9-12-32(13-10-20)26(35)24-31-11-14-36-24/h1-8,11,14,20,22H,9-10,12-13,15-17H2. The molecule has 188 valence electrons. The minimum atomic E-state index is -4.34. The zero-order valence-electron chi connectivity index (χ0n) is 19.6. The monoisotopic (exact) mass is 513 g/mol. The molecule has 2 aliphatic rings. The lowest BCUT2D eigenvalue weighted by Crippen LogP contribution is -2.54. The molecule has 0 atom stereocenters. The van der Waals surface area contributed by atoms with Crippen LogP contribution in [-0.2, 0) is 12.6 Å². The summed E-state index contributed by atoms with van der Waals surface area (Å²) in [6.45, 7) is 2.93. The van der Waals surface area contributed by atoms with Crippen LogP contribution in [0.3, 0.4) is 0 Å². The van der Waals surface area contributed by atoms with Crippen molar-refractivity contribution in [1.29, 1.82) is 0 Å². The number of aromatic nitrogens is 1. The summed E-state index contributed by atoms with van der Waals surface area (Å²) >= 11 is 1.37. The van der Waals surface area contributed by atoms with Crippen LogP contribution in [-0.4, -0.2) is 52.8 Å². The minimum absolute atomic E-state index is 0.00344. The summed E-state index contributed by atoms with van der Waals surface area (Å²) in [5, 5.41) is 2.35. The Hall–Kier alpha value is -3.20. The molecule has 1 aromatic heterocycles. The Morgan fingerprint density at radius 2 is 1.47 bits per heavy atom. The van der Waals surface area contributed by atoms with Gasteiger partial charge < -0.3 is 9.80 Å². The fourth-order valence-corrected chi connectivity index (χ4v) is 5.61. The lowest BCUT2D eigenvalue weighted by molar-refractivity contribution is -0.137. The van der Waals surface area contributed by atoms with Crippen molar-refractivity contribution < 1.29 is 22.8 Å². The zero-order chi connectivity index (χ0) is 25.3. The molecule has 0 aliphatic carbocycles. The van der Waals surface area contributed by atoms with Crippen molar-refractivity contribution in [2.45, 2.75) is 25.4 Å². The van der Waals surface area contributed by atoms with Gasteiger partial charge in [-0.15, -0.1) is 11.3 Å². The van der Waals surface area contributed by atoms with Gasteiger partial charge in [-0.2, -0.15) is 13.2 Å². The predicted molar refractivity (Wildman–Crippen MR) is 131 cm³/mol. The SMILES string of the molecule is O=C(c1ccc(Cc2ccc(C(F)(F)F)cc2)cc1)N1CC(C2CCN(C(=O)c3nccs3)CC2)C1. The van der Waals surface area contributed by atoms with Gasteiger partial charge in [0.25, 0.3) is 11.8 Å². The number of carbonyl (C=O) groups is 2. The molecule has 5 rings (SSSR count). The number of nitrogens with zero attached hydrogens (tertiary/aromatic N) is 3. The maximum Gasteiger partial charge on any atom is 0.416 e. The van der Waals surface area contributed by atoms with Crippen molar-refractivity contribution in [3.8, 4) is 0 Å². The van der Waals surface area contributed by atoms with Crippen molar-refractivity contribution in [1.82, 2.24) is 14.8 Å². The van der Waals surface area contributed by atoms with Gasteiger partial charge in [0.1, 0.15) is 0 Å². The maximum atomic E-state index is 12.9. The molecule has 5 nitrogen and oxygen atoms in total. The van der Waals surface area contributed by atoms with E-state index >= 15 is 0 Å². The summed E-state index contributed by atoms with van der Waals surface area (Å²) in [6, 6.07) is 12.5. The van der Waals surface area contributed by atoms with Gasteiger partial charge in [-0.05, 0) is 66.5 Å². The number of rotatable bonds is 5. The van der Waals surface area contributed by atoms with E-state index in [0.717, 1.165) is 62.3 Å². The van der Waals surface area contributed by atoms with Gasteiger partial charge in [-0.1, -0.05) is 24.3 Å². The van der Waals surface area contributed by atoms with Crippen molar-refractivity contribution in [3.63, 3.8) is 0 Å². The number of hydrogen-bond donors (Lipinski definition) is 0. The summed E-state index contributed by atoms with van der Waals surface area (Å²) in [7, 11) is 0. The van der Waals surface area contributed by atoms with Crippen molar-refractivity contribution in [2.75, 3.05) is 26.2 Å². The number of alkyl halides is 3. The third-order valence-electron chi connectivity index (χ3n) is 7.20. The zero-order valence-corrected chi connectivity index (χ0v) is 20.4. The molecule has 2 amide bonds. The third-order valence-corrected chi connectivity index (χ3v) is 7.96. The lowest BCUT2D eigenvalue weighted by atomic mass is 9.79. The number of amides is 2. The van der Waals surface area contributed by atoms with Gasteiger partial charge in [0.05, 0.1) is 5.56 Å². The van der Waals surface area contributed by atoms with E-state index in [1.807, 2.05) is 27.3 Å². The van der Waals surface area contributed by atoms with E-state index in [1.54, 1.807) is 18.3 Å². The second-order valence-electron chi connectivity index (χ2n) is 9.51. The lowest BCUT2D eigenvalue weighted by Gasteiger charge is -2.46. The molecule has 0 N–H and O–H groups in total. The second-order valence-corrected chi connectivity index (χ2v) is 10.4. The Balaban J connectivity index is 1.09.